The molecular formula is C12H10ClFN2O3. The van der Waals surface area contributed by atoms with Crippen LogP contribution in [0, 0.1) is 5.82 Å². The van der Waals surface area contributed by atoms with Gasteiger partial charge < -0.3 is 4.74 Å². The zero-order chi connectivity index (χ0) is 14.0. The molecule has 0 aliphatic carbocycles. The highest BCUT2D eigenvalue weighted by Crippen LogP contribution is 2.10. The van der Waals surface area contributed by atoms with Gasteiger partial charge in [0.2, 0.25) is 5.82 Å². The predicted octanol–water partition coefficient (Wildman–Crippen LogP) is 1.46. The molecule has 0 fully saturated rings. The number of aromatic amines is 1. The number of halogens is 2. The summed E-state index contributed by atoms with van der Waals surface area (Å²) in [4.78, 5) is 25.5. The number of rotatable bonds is 3. The molecule has 0 aliphatic heterocycles. The van der Waals surface area contributed by atoms with Gasteiger partial charge in [0.25, 0.3) is 5.56 Å². The van der Waals surface area contributed by atoms with E-state index in [2.05, 4.69) is 4.98 Å². The molecule has 1 aromatic carbocycles. The van der Waals surface area contributed by atoms with Gasteiger partial charge in [0.1, 0.15) is 0 Å². The van der Waals surface area contributed by atoms with Gasteiger partial charge in [-0.2, -0.15) is 4.39 Å². The molecule has 0 aliphatic rings. The van der Waals surface area contributed by atoms with Crippen LogP contribution < -0.4 is 11.2 Å². The Bertz CT molecular complexity index is 724. The van der Waals surface area contributed by atoms with Gasteiger partial charge in [-0.1, -0.05) is 23.7 Å². The summed E-state index contributed by atoms with van der Waals surface area (Å²) in [5.41, 5.74) is -0.896. The number of methoxy groups -OCH3 is 1. The number of hydrogen-bond donors (Lipinski definition) is 1. The second-order valence-electron chi connectivity index (χ2n) is 3.80. The van der Waals surface area contributed by atoms with Crippen LogP contribution in [-0.2, 0) is 11.3 Å². The lowest BCUT2D eigenvalue weighted by Gasteiger charge is -2.07. The number of nitrogens with one attached hydrogen (secondary N) is 1. The smallest absolute Gasteiger partial charge is 0.334 e. The fourth-order valence-electron chi connectivity index (χ4n) is 1.68. The topological polar surface area (TPSA) is 64.1 Å². The molecule has 0 saturated heterocycles. The van der Waals surface area contributed by atoms with Crippen molar-refractivity contribution in [3.63, 3.8) is 0 Å². The maximum atomic E-state index is 13.4. The van der Waals surface area contributed by atoms with E-state index in [4.69, 9.17) is 16.3 Å². The number of ether oxygens (including phenoxy) is 1. The molecule has 1 N–H and O–H groups in total. The van der Waals surface area contributed by atoms with E-state index in [1.807, 2.05) is 0 Å². The SMILES string of the molecule is COCc1cccc(-n2c(=O)[nH]c(Cl)c(F)c2=O)c1. The van der Waals surface area contributed by atoms with E-state index in [-0.39, 0.29) is 5.69 Å². The maximum Gasteiger partial charge on any atom is 0.334 e. The summed E-state index contributed by atoms with van der Waals surface area (Å²) in [6.07, 6.45) is 0. The average Bonchev–Trinajstić information content (AvgIpc) is 2.37. The Labute approximate surface area is 112 Å². The van der Waals surface area contributed by atoms with E-state index in [9.17, 15) is 14.0 Å². The Kier molecular flexibility index (Phi) is 3.82. The van der Waals surface area contributed by atoms with Gasteiger partial charge in [-0.15, -0.1) is 0 Å². The molecule has 0 unspecified atom stereocenters. The minimum absolute atomic E-state index is 0.247. The minimum atomic E-state index is -1.20. The number of aromatic nitrogens is 2. The van der Waals surface area contributed by atoms with Crippen molar-refractivity contribution >= 4 is 11.6 Å². The van der Waals surface area contributed by atoms with E-state index in [0.717, 1.165) is 5.56 Å². The van der Waals surface area contributed by atoms with Gasteiger partial charge in [-0.25, -0.2) is 9.36 Å². The molecular weight excluding hydrogens is 275 g/mol. The third-order valence-electron chi connectivity index (χ3n) is 2.48. The summed E-state index contributed by atoms with van der Waals surface area (Å²) < 4.78 is 19.1. The molecule has 1 heterocycles. The second kappa shape index (κ2) is 5.38. The fraction of sp³-hybridized carbons (Fsp3) is 0.167. The fourth-order valence-corrected chi connectivity index (χ4v) is 1.84. The molecule has 0 radical (unpaired) electrons. The lowest BCUT2D eigenvalue weighted by Crippen LogP contribution is -2.35. The summed E-state index contributed by atoms with van der Waals surface area (Å²) in [6, 6.07) is 6.48. The zero-order valence-electron chi connectivity index (χ0n) is 9.94. The maximum absolute atomic E-state index is 13.4. The Morgan fingerprint density at radius 2 is 2.16 bits per heavy atom. The Morgan fingerprint density at radius 1 is 1.42 bits per heavy atom. The number of nitrogens with zero attached hydrogens (tertiary/aromatic N) is 1. The van der Waals surface area contributed by atoms with Crippen LogP contribution in [0.15, 0.2) is 33.9 Å². The highest BCUT2D eigenvalue weighted by molar-refractivity contribution is 6.29. The quantitative estimate of drug-likeness (QED) is 0.868. The first-order valence-electron chi connectivity index (χ1n) is 5.33. The number of hydrogen-bond acceptors (Lipinski definition) is 3. The van der Waals surface area contributed by atoms with Crippen molar-refractivity contribution < 1.29 is 9.13 Å². The molecule has 2 rings (SSSR count). The second-order valence-corrected chi connectivity index (χ2v) is 4.18. The summed E-state index contributed by atoms with van der Waals surface area (Å²) >= 11 is 5.40. The molecule has 7 heteroatoms. The van der Waals surface area contributed by atoms with Gasteiger partial charge in [0, 0.05) is 7.11 Å². The van der Waals surface area contributed by atoms with E-state index in [1.165, 1.54) is 13.2 Å². The Morgan fingerprint density at radius 3 is 2.84 bits per heavy atom. The van der Waals surface area contributed by atoms with Gasteiger partial charge in [0.15, 0.2) is 5.15 Å². The van der Waals surface area contributed by atoms with E-state index in [0.29, 0.717) is 11.2 Å². The lowest BCUT2D eigenvalue weighted by molar-refractivity contribution is 0.185. The van der Waals surface area contributed by atoms with Crippen molar-refractivity contribution in [2.45, 2.75) is 6.61 Å². The average molecular weight is 285 g/mol. The van der Waals surface area contributed by atoms with Crippen molar-refractivity contribution in [1.29, 1.82) is 0 Å². The summed E-state index contributed by atoms with van der Waals surface area (Å²) in [5, 5.41) is -0.598. The van der Waals surface area contributed by atoms with E-state index >= 15 is 0 Å². The predicted molar refractivity (Wildman–Crippen MR) is 68.3 cm³/mol. The summed E-state index contributed by atoms with van der Waals surface area (Å²) in [7, 11) is 1.52. The number of H-pyrrole nitrogens is 1. The first-order valence-corrected chi connectivity index (χ1v) is 5.71. The van der Waals surface area contributed by atoms with Crippen LogP contribution in [0.2, 0.25) is 5.15 Å². The third kappa shape index (κ3) is 2.59. The van der Waals surface area contributed by atoms with Crippen LogP contribution in [-0.4, -0.2) is 16.7 Å². The summed E-state index contributed by atoms with van der Waals surface area (Å²) in [5.74, 6) is -1.20. The van der Waals surface area contributed by atoms with Crippen molar-refractivity contribution in [2.75, 3.05) is 7.11 Å². The largest absolute Gasteiger partial charge is 0.380 e. The molecule has 19 heavy (non-hydrogen) atoms. The molecule has 0 saturated carbocycles. The van der Waals surface area contributed by atoms with E-state index < -0.39 is 22.2 Å². The summed E-state index contributed by atoms with van der Waals surface area (Å²) in [6.45, 7) is 0.316. The van der Waals surface area contributed by atoms with E-state index in [1.54, 1.807) is 18.2 Å². The molecule has 0 atom stereocenters. The number of benzene rings is 1. The standard InChI is InChI=1S/C12H10ClFN2O3/c1-19-6-7-3-2-4-8(5-7)16-11(17)9(14)10(13)15-12(16)18/h2-5H,6H2,1H3,(H,15,18). The Hall–Kier alpha value is -1.92. The van der Waals surface area contributed by atoms with Crippen molar-refractivity contribution in [3.8, 4) is 5.69 Å². The van der Waals surface area contributed by atoms with Gasteiger partial charge >= 0.3 is 5.69 Å². The first-order chi connectivity index (χ1) is 9.04. The van der Waals surface area contributed by atoms with Crippen molar-refractivity contribution in [3.05, 3.63) is 61.6 Å². The molecule has 0 amide bonds. The molecule has 1 aromatic heterocycles. The van der Waals surface area contributed by atoms with Crippen LogP contribution in [0.4, 0.5) is 4.39 Å². The molecule has 5 nitrogen and oxygen atoms in total. The third-order valence-corrected chi connectivity index (χ3v) is 2.74. The van der Waals surface area contributed by atoms with Crippen molar-refractivity contribution in [1.82, 2.24) is 9.55 Å². The minimum Gasteiger partial charge on any atom is -0.380 e. The Balaban J connectivity index is 2.66. The van der Waals surface area contributed by atoms with Crippen molar-refractivity contribution in [2.24, 2.45) is 0 Å². The highest BCUT2D eigenvalue weighted by atomic mass is 35.5. The normalized spacial score (nSPS) is 10.7. The van der Waals surface area contributed by atoms with Crippen LogP contribution in [0.5, 0.6) is 0 Å². The highest BCUT2D eigenvalue weighted by Gasteiger charge is 2.13. The van der Waals surface area contributed by atoms with Gasteiger partial charge in [-0.3, -0.25) is 9.78 Å². The molecule has 0 spiro atoms. The van der Waals surface area contributed by atoms with Crippen LogP contribution in [0.1, 0.15) is 5.56 Å². The zero-order valence-corrected chi connectivity index (χ0v) is 10.7. The molecule has 0 bridgehead atoms. The van der Waals surface area contributed by atoms with Gasteiger partial charge in [-0.05, 0) is 17.7 Å². The van der Waals surface area contributed by atoms with Crippen LogP contribution in [0.3, 0.4) is 0 Å². The lowest BCUT2D eigenvalue weighted by atomic mass is 10.2. The van der Waals surface area contributed by atoms with Crippen LogP contribution >= 0.6 is 11.6 Å². The first kappa shape index (κ1) is 13.5. The molecule has 2 aromatic rings. The molecule has 100 valence electrons. The van der Waals surface area contributed by atoms with Gasteiger partial charge in [0.05, 0.1) is 12.3 Å². The monoisotopic (exact) mass is 284 g/mol. The van der Waals surface area contributed by atoms with Crippen LogP contribution in [0.25, 0.3) is 5.69 Å².